The number of rotatable bonds is 2. The van der Waals surface area contributed by atoms with Crippen LogP contribution in [0.3, 0.4) is 0 Å². The summed E-state index contributed by atoms with van der Waals surface area (Å²) in [6.45, 7) is 13.4. The molecule has 35 heavy (non-hydrogen) atoms. The molecule has 4 N–H and O–H groups in total. The number of hydrogen-bond acceptors (Lipinski definition) is 7. The molecule has 3 aliphatic rings. The molecule has 1 fully saturated rings. The lowest BCUT2D eigenvalue weighted by Gasteiger charge is -2.66. The molecule has 1 aromatic carbocycles. The first-order valence-corrected chi connectivity index (χ1v) is 11.9. The third-order valence-electron chi connectivity index (χ3n) is 9.54. The maximum Gasteiger partial charge on any atom is 0.206 e. The number of aromatic hydroxyl groups is 1. The summed E-state index contributed by atoms with van der Waals surface area (Å²) < 4.78 is 0. The SMILES string of the molecule is CC(=O)C1=C(C)[C@@H](C(C)C)[C@]2(C)[C@@H](O)[C@@]3(C)C(=C(O)c4c(O)cccc4C3(C)C)C(=O)[C@]2(O)C1=O. The maximum absolute atomic E-state index is 14.3. The van der Waals surface area contributed by atoms with E-state index in [0.717, 1.165) is 0 Å². The quantitative estimate of drug-likeness (QED) is 0.375. The Kier molecular flexibility index (Phi) is 5.17. The molecule has 1 saturated carbocycles. The van der Waals surface area contributed by atoms with Crippen LogP contribution in [0.1, 0.15) is 66.5 Å². The van der Waals surface area contributed by atoms with E-state index in [4.69, 9.17) is 0 Å². The Bertz CT molecular complexity index is 1270. The minimum atomic E-state index is -2.79. The van der Waals surface area contributed by atoms with Crippen molar-refractivity contribution in [2.45, 2.75) is 72.5 Å². The highest BCUT2D eigenvalue weighted by Gasteiger charge is 2.78. The Balaban J connectivity index is 2.20. The molecule has 0 aliphatic heterocycles. The van der Waals surface area contributed by atoms with E-state index in [-0.39, 0.29) is 28.4 Å². The molecule has 0 aromatic heterocycles. The van der Waals surface area contributed by atoms with E-state index in [1.165, 1.54) is 19.9 Å². The predicted molar refractivity (Wildman–Crippen MR) is 130 cm³/mol. The summed E-state index contributed by atoms with van der Waals surface area (Å²) in [5.41, 5.74) is -6.52. The largest absolute Gasteiger partial charge is 0.507 e. The van der Waals surface area contributed by atoms with Crippen molar-refractivity contribution in [1.82, 2.24) is 0 Å². The fraction of sp³-hybridized carbons (Fsp3) is 0.536. The second kappa shape index (κ2) is 7.14. The van der Waals surface area contributed by atoms with Gasteiger partial charge in [-0.2, -0.15) is 0 Å². The molecule has 188 valence electrons. The molecule has 0 spiro atoms. The van der Waals surface area contributed by atoms with Crippen molar-refractivity contribution in [2.75, 3.05) is 0 Å². The van der Waals surface area contributed by atoms with Crippen LogP contribution in [0, 0.1) is 22.7 Å². The van der Waals surface area contributed by atoms with Crippen LogP contribution in [0.25, 0.3) is 5.76 Å². The second-order valence-electron chi connectivity index (χ2n) is 11.6. The molecule has 0 saturated heterocycles. The molecule has 0 amide bonds. The molecular weight excluding hydrogens is 448 g/mol. The van der Waals surface area contributed by atoms with Crippen molar-refractivity contribution in [2.24, 2.45) is 22.7 Å². The van der Waals surface area contributed by atoms with E-state index < -0.39 is 57.0 Å². The van der Waals surface area contributed by atoms with E-state index in [0.29, 0.717) is 11.1 Å². The number of carbonyl (C=O) groups is 3. The molecule has 5 atom stereocenters. The molecule has 0 radical (unpaired) electrons. The summed E-state index contributed by atoms with van der Waals surface area (Å²) in [7, 11) is 0. The summed E-state index contributed by atoms with van der Waals surface area (Å²) in [5, 5.41) is 46.4. The molecule has 7 nitrogen and oxygen atoms in total. The van der Waals surface area contributed by atoms with Gasteiger partial charge < -0.3 is 20.4 Å². The van der Waals surface area contributed by atoms with Gasteiger partial charge in [-0.1, -0.05) is 59.2 Å². The Morgan fingerprint density at radius 1 is 1.03 bits per heavy atom. The third kappa shape index (κ3) is 2.50. The van der Waals surface area contributed by atoms with Crippen molar-refractivity contribution in [3.8, 4) is 5.75 Å². The number of fused-ring (bicyclic) bond motifs is 3. The number of carbonyl (C=O) groups excluding carboxylic acids is 3. The van der Waals surface area contributed by atoms with Gasteiger partial charge in [0.15, 0.2) is 11.4 Å². The highest BCUT2D eigenvalue weighted by atomic mass is 16.3. The zero-order valence-electron chi connectivity index (χ0n) is 21.5. The summed E-state index contributed by atoms with van der Waals surface area (Å²) >= 11 is 0. The molecule has 0 heterocycles. The number of allylic oxidation sites excluding steroid dienone is 1. The Hall–Kier alpha value is -2.77. The minimum Gasteiger partial charge on any atom is -0.507 e. The molecule has 7 heteroatoms. The van der Waals surface area contributed by atoms with E-state index in [2.05, 4.69) is 0 Å². The van der Waals surface area contributed by atoms with Crippen LogP contribution in [0.4, 0.5) is 0 Å². The zero-order chi connectivity index (χ0) is 26.6. The number of ketones is 3. The lowest BCUT2D eigenvalue weighted by molar-refractivity contribution is -0.217. The van der Waals surface area contributed by atoms with Gasteiger partial charge in [0.2, 0.25) is 11.6 Å². The first-order chi connectivity index (χ1) is 15.9. The van der Waals surface area contributed by atoms with Gasteiger partial charge in [-0.25, -0.2) is 0 Å². The number of benzene rings is 1. The second-order valence-corrected chi connectivity index (χ2v) is 11.6. The lowest BCUT2D eigenvalue weighted by atomic mass is 9.37. The van der Waals surface area contributed by atoms with Crippen LogP contribution in [0.5, 0.6) is 5.75 Å². The van der Waals surface area contributed by atoms with Crippen LogP contribution in [-0.2, 0) is 19.8 Å². The van der Waals surface area contributed by atoms with Crippen LogP contribution >= 0.6 is 0 Å². The molecule has 4 rings (SSSR count). The van der Waals surface area contributed by atoms with Gasteiger partial charge in [0, 0.05) is 16.2 Å². The number of aliphatic hydroxyl groups is 3. The standard InChI is InChI=1S/C28H34O7/c1-12(2)19-13(3)17(14(4)29)22(32)28(35)23(33)20-21(31)18-15(10-9-11-16(18)30)25(5,6)26(20,7)24(34)27(19,28)8/h9-12,19,24,30-31,34-35H,1-8H3/t19-,24+,26-,27-,28-/m1/s1. The Morgan fingerprint density at radius 3 is 2.11 bits per heavy atom. The van der Waals surface area contributed by atoms with E-state index >= 15 is 0 Å². The number of hydrogen-bond donors (Lipinski definition) is 4. The van der Waals surface area contributed by atoms with Gasteiger partial charge in [0.05, 0.1) is 22.8 Å². The van der Waals surface area contributed by atoms with Gasteiger partial charge in [0.1, 0.15) is 11.5 Å². The minimum absolute atomic E-state index is 0.0277. The highest BCUT2D eigenvalue weighted by Crippen LogP contribution is 2.68. The zero-order valence-corrected chi connectivity index (χ0v) is 21.5. The molecule has 0 bridgehead atoms. The molecule has 1 aromatic rings. The number of Topliss-reactive ketones (excluding diaryl/α,β-unsaturated/α-hetero) is 3. The normalized spacial score (nSPS) is 36.2. The van der Waals surface area contributed by atoms with Gasteiger partial charge in [-0.05, 0) is 37.3 Å². The van der Waals surface area contributed by atoms with Gasteiger partial charge >= 0.3 is 0 Å². The first kappa shape index (κ1) is 25.3. The van der Waals surface area contributed by atoms with Crippen LogP contribution in [-0.4, -0.2) is 49.5 Å². The van der Waals surface area contributed by atoms with Crippen molar-refractivity contribution >= 4 is 23.1 Å². The fourth-order valence-corrected chi connectivity index (χ4v) is 7.66. The number of phenolic OH excluding ortho intramolecular Hbond substituents is 1. The maximum atomic E-state index is 14.3. The van der Waals surface area contributed by atoms with Gasteiger partial charge in [0.25, 0.3) is 0 Å². The average molecular weight is 483 g/mol. The molecule has 3 aliphatic carbocycles. The van der Waals surface area contributed by atoms with Crippen molar-refractivity contribution in [3.63, 3.8) is 0 Å². The van der Waals surface area contributed by atoms with E-state index in [1.54, 1.807) is 39.8 Å². The smallest absolute Gasteiger partial charge is 0.206 e. The topological polar surface area (TPSA) is 132 Å². The Morgan fingerprint density at radius 2 is 1.60 bits per heavy atom. The van der Waals surface area contributed by atoms with E-state index in [1.807, 2.05) is 13.8 Å². The van der Waals surface area contributed by atoms with Crippen molar-refractivity contribution in [3.05, 3.63) is 46.0 Å². The summed E-state index contributed by atoms with van der Waals surface area (Å²) in [6, 6.07) is 4.72. The van der Waals surface area contributed by atoms with Crippen molar-refractivity contribution in [1.29, 1.82) is 0 Å². The number of phenols is 1. The lowest BCUT2D eigenvalue weighted by Crippen LogP contribution is -2.78. The van der Waals surface area contributed by atoms with E-state index in [9.17, 15) is 34.8 Å². The summed E-state index contributed by atoms with van der Waals surface area (Å²) in [5.74, 6) is -4.46. The molecule has 0 unspecified atom stereocenters. The summed E-state index contributed by atoms with van der Waals surface area (Å²) in [6.07, 6.45) is -1.49. The average Bonchev–Trinajstić information content (AvgIpc) is 2.74. The highest BCUT2D eigenvalue weighted by molar-refractivity contribution is 6.34. The van der Waals surface area contributed by atoms with Crippen LogP contribution in [0.15, 0.2) is 34.9 Å². The summed E-state index contributed by atoms with van der Waals surface area (Å²) in [4.78, 5) is 40.7. The fourth-order valence-electron chi connectivity index (χ4n) is 7.66. The van der Waals surface area contributed by atoms with Gasteiger partial charge in [-0.15, -0.1) is 0 Å². The molecular formula is C28H34O7. The third-order valence-corrected chi connectivity index (χ3v) is 9.54. The van der Waals surface area contributed by atoms with Gasteiger partial charge in [-0.3, -0.25) is 14.4 Å². The monoisotopic (exact) mass is 482 g/mol. The predicted octanol–water partition coefficient (Wildman–Crippen LogP) is 3.40. The first-order valence-electron chi connectivity index (χ1n) is 11.9. The number of aliphatic hydroxyl groups excluding tert-OH is 2. The van der Waals surface area contributed by atoms with Crippen molar-refractivity contribution < 1.29 is 34.8 Å². The van der Waals surface area contributed by atoms with Crippen LogP contribution < -0.4 is 0 Å². The Labute approximate surface area is 205 Å². The van der Waals surface area contributed by atoms with Crippen LogP contribution in [0.2, 0.25) is 0 Å².